The van der Waals surface area contributed by atoms with E-state index in [9.17, 15) is 4.79 Å². The summed E-state index contributed by atoms with van der Waals surface area (Å²) in [5, 5.41) is 0. The van der Waals surface area contributed by atoms with Gasteiger partial charge in [-0.05, 0) is 31.2 Å². The van der Waals surface area contributed by atoms with Crippen molar-refractivity contribution in [1.82, 2.24) is 9.80 Å². The first-order valence-corrected chi connectivity index (χ1v) is 7.58. The van der Waals surface area contributed by atoms with Crippen LogP contribution in [0, 0.1) is 0 Å². The topological polar surface area (TPSA) is 32.8 Å². The van der Waals surface area contributed by atoms with Crippen molar-refractivity contribution in [1.29, 1.82) is 0 Å². The molecule has 1 aliphatic rings. The number of halogens is 1. The predicted molar refractivity (Wildman–Crippen MR) is 80.7 cm³/mol. The van der Waals surface area contributed by atoms with E-state index in [2.05, 4.69) is 4.90 Å². The van der Waals surface area contributed by atoms with Crippen molar-refractivity contribution in [2.45, 2.75) is 6.92 Å². The maximum absolute atomic E-state index is 12.4. The molecule has 1 aromatic rings. The van der Waals surface area contributed by atoms with E-state index in [1.807, 2.05) is 36.1 Å². The van der Waals surface area contributed by atoms with Crippen LogP contribution in [0.3, 0.4) is 0 Å². The average Bonchev–Trinajstić information content (AvgIpc) is 2.49. The van der Waals surface area contributed by atoms with Crippen LogP contribution in [-0.2, 0) is 0 Å². The molecule has 2 rings (SSSR count). The first kappa shape index (κ1) is 15.1. The second kappa shape index (κ2) is 7.50. The summed E-state index contributed by atoms with van der Waals surface area (Å²) in [7, 11) is 0. The number of hydrogen-bond acceptors (Lipinski definition) is 3. The molecule has 0 spiro atoms. The van der Waals surface area contributed by atoms with Crippen molar-refractivity contribution in [2.24, 2.45) is 0 Å². The molecule has 1 aliphatic heterocycles. The Morgan fingerprint density at radius 3 is 2.40 bits per heavy atom. The highest BCUT2D eigenvalue weighted by Crippen LogP contribution is 2.14. The zero-order valence-corrected chi connectivity index (χ0v) is 12.6. The molecule has 0 unspecified atom stereocenters. The molecule has 1 aromatic carbocycles. The minimum atomic E-state index is 0.0959. The van der Waals surface area contributed by atoms with Crippen LogP contribution in [-0.4, -0.2) is 60.9 Å². The van der Waals surface area contributed by atoms with Crippen LogP contribution in [0.5, 0.6) is 5.75 Å². The Balaban J connectivity index is 1.91. The lowest BCUT2D eigenvalue weighted by Crippen LogP contribution is -2.49. The third kappa shape index (κ3) is 3.87. The van der Waals surface area contributed by atoms with Crippen LogP contribution >= 0.6 is 11.6 Å². The van der Waals surface area contributed by atoms with Crippen molar-refractivity contribution in [2.75, 3.05) is 45.2 Å². The Hall–Kier alpha value is -1.26. The fraction of sp³-hybridized carbons (Fsp3) is 0.533. The second-order valence-corrected chi connectivity index (χ2v) is 5.16. The van der Waals surface area contributed by atoms with Gasteiger partial charge in [0.1, 0.15) is 5.75 Å². The van der Waals surface area contributed by atoms with Gasteiger partial charge in [-0.2, -0.15) is 0 Å². The van der Waals surface area contributed by atoms with E-state index >= 15 is 0 Å². The highest BCUT2D eigenvalue weighted by molar-refractivity contribution is 6.18. The number of nitrogens with zero attached hydrogens (tertiary/aromatic N) is 2. The summed E-state index contributed by atoms with van der Waals surface area (Å²) in [6.45, 7) is 6.80. The van der Waals surface area contributed by atoms with E-state index in [-0.39, 0.29) is 5.91 Å². The number of carbonyl (C=O) groups is 1. The summed E-state index contributed by atoms with van der Waals surface area (Å²) in [6.07, 6.45) is 0. The fourth-order valence-electron chi connectivity index (χ4n) is 2.34. The van der Waals surface area contributed by atoms with Crippen molar-refractivity contribution >= 4 is 17.5 Å². The maximum Gasteiger partial charge on any atom is 0.253 e. The van der Waals surface area contributed by atoms with Crippen molar-refractivity contribution in [3.63, 3.8) is 0 Å². The van der Waals surface area contributed by atoms with Crippen LogP contribution < -0.4 is 4.74 Å². The molecule has 0 aromatic heterocycles. The predicted octanol–water partition coefficient (Wildman–Crippen LogP) is 2.08. The molecule has 0 aliphatic carbocycles. The minimum Gasteiger partial charge on any atom is -0.494 e. The standard InChI is InChI=1S/C15H21ClN2O2/c1-2-20-14-5-3-13(4-6-14)15(19)18-11-9-17(8-7-16)10-12-18/h3-6H,2,7-12H2,1H3. The van der Waals surface area contributed by atoms with Gasteiger partial charge in [0, 0.05) is 44.2 Å². The lowest BCUT2D eigenvalue weighted by molar-refractivity contribution is 0.0644. The normalized spacial score (nSPS) is 16.2. The van der Waals surface area contributed by atoms with Crippen LogP contribution in [0.2, 0.25) is 0 Å². The van der Waals surface area contributed by atoms with Crippen molar-refractivity contribution in [3.8, 4) is 5.75 Å². The zero-order chi connectivity index (χ0) is 14.4. The average molecular weight is 297 g/mol. The molecule has 4 nitrogen and oxygen atoms in total. The molecule has 110 valence electrons. The minimum absolute atomic E-state index is 0.0959. The zero-order valence-electron chi connectivity index (χ0n) is 11.8. The molecule has 0 N–H and O–H groups in total. The summed E-state index contributed by atoms with van der Waals surface area (Å²) >= 11 is 5.74. The van der Waals surface area contributed by atoms with Gasteiger partial charge in [-0.1, -0.05) is 0 Å². The molecule has 1 fully saturated rings. The Labute approximate surface area is 125 Å². The highest BCUT2D eigenvalue weighted by atomic mass is 35.5. The smallest absolute Gasteiger partial charge is 0.253 e. The lowest BCUT2D eigenvalue weighted by atomic mass is 10.1. The molecule has 1 heterocycles. The lowest BCUT2D eigenvalue weighted by Gasteiger charge is -2.34. The van der Waals surface area contributed by atoms with Gasteiger partial charge in [-0.25, -0.2) is 0 Å². The third-order valence-electron chi connectivity index (χ3n) is 3.47. The molecular weight excluding hydrogens is 276 g/mol. The summed E-state index contributed by atoms with van der Waals surface area (Å²) in [4.78, 5) is 16.6. The highest BCUT2D eigenvalue weighted by Gasteiger charge is 2.21. The third-order valence-corrected chi connectivity index (χ3v) is 3.64. The molecule has 20 heavy (non-hydrogen) atoms. The number of benzene rings is 1. The molecule has 1 amide bonds. The molecule has 0 bridgehead atoms. The number of amides is 1. The number of carbonyl (C=O) groups excluding carboxylic acids is 1. The number of alkyl halides is 1. The molecule has 5 heteroatoms. The van der Waals surface area contributed by atoms with E-state index in [0.29, 0.717) is 12.5 Å². The molecule has 0 saturated carbocycles. The van der Waals surface area contributed by atoms with Crippen LogP contribution in [0.1, 0.15) is 17.3 Å². The Morgan fingerprint density at radius 2 is 1.85 bits per heavy atom. The van der Waals surface area contributed by atoms with Crippen LogP contribution in [0.15, 0.2) is 24.3 Å². The fourth-order valence-corrected chi connectivity index (χ4v) is 2.58. The maximum atomic E-state index is 12.4. The molecule has 1 saturated heterocycles. The Morgan fingerprint density at radius 1 is 1.20 bits per heavy atom. The number of hydrogen-bond donors (Lipinski definition) is 0. The first-order chi connectivity index (χ1) is 9.74. The summed E-state index contributed by atoms with van der Waals surface area (Å²) in [6, 6.07) is 7.36. The SMILES string of the molecule is CCOc1ccc(C(=O)N2CCN(CCCl)CC2)cc1. The van der Waals surface area contributed by atoms with Gasteiger partial charge in [0.25, 0.3) is 5.91 Å². The van der Waals surface area contributed by atoms with E-state index in [1.165, 1.54) is 0 Å². The second-order valence-electron chi connectivity index (χ2n) is 4.78. The number of rotatable bonds is 5. The summed E-state index contributed by atoms with van der Waals surface area (Å²) in [5.41, 5.74) is 0.722. The number of piperazine rings is 1. The van der Waals surface area contributed by atoms with Gasteiger partial charge in [0.15, 0.2) is 0 Å². The molecule has 0 radical (unpaired) electrons. The quantitative estimate of drug-likeness (QED) is 0.780. The number of ether oxygens (including phenoxy) is 1. The van der Waals surface area contributed by atoms with Gasteiger partial charge in [0.2, 0.25) is 0 Å². The molecular formula is C15H21ClN2O2. The van der Waals surface area contributed by atoms with E-state index in [1.54, 1.807) is 0 Å². The van der Waals surface area contributed by atoms with Crippen LogP contribution in [0.4, 0.5) is 0 Å². The van der Waals surface area contributed by atoms with Gasteiger partial charge in [-0.15, -0.1) is 11.6 Å². The Kier molecular flexibility index (Phi) is 5.68. The van der Waals surface area contributed by atoms with E-state index in [4.69, 9.17) is 16.3 Å². The first-order valence-electron chi connectivity index (χ1n) is 7.05. The summed E-state index contributed by atoms with van der Waals surface area (Å²) < 4.78 is 5.38. The van der Waals surface area contributed by atoms with Gasteiger partial charge in [-0.3, -0.25) is 9.69 Å². The van der Waals surface area contributed by atoms with Gasteiger partial charge in [0.05, 0.1) is 6.61 Å². The molecule has 0 atom stereocenters. The van der Waals surface area contributed by atoms with Crippen LogP contribution in [0.25, 0.3) is 0 Å². The largest absolute Gasteiger partial charge is 0.494 e. The van der Waals surface area contributed by atoms with E-state index in [0.717, 1.165) is 44.0 Å². The van der Waals surface area contributed by atoms with Crippen molar-refractivity contribution < 1.29 is 9.53 Å². The van der Waals surface area contributed by atoms with Gasteiger partial charge < -0.3 is 9.64 Å². The summed E-state index contributed by atoms with van der Waals surface area (Å²) in [5.74, 6) is 1.54. The Bertz CT molecular complexity index is 428. The van der Waals surface area contributed by atoms with E-state index < -0.39 is 0 Å². The van der Waals surface area contributed by atoms with Crippen molar-refractivity contribution in [3.05, 3.63) is 29.8 Å². The monoisotopic (exact) mass is 296 g/mol. The van der Waals surface area contributed by atoms with Gasteiger partial charge >= 0.3 is 0 Å².